The Bertz CT molecular complexity index is 1200. The minimum absolute atomic E-state index is 0.0186. The van der Waals surface area contributed by atoms with Gasteiger partial charge in [0.15, 0.2) is 5.78 Å². The quantitative estimate of drug-likeness (QED) is 0.627. The molecule has 0 saturated heterocycles. The number of hydrogen-bond acceptors (Lipinski definition) is 6. The fraction of sp³-hybridized carbons (Fsp3) is 0.182. The monoisotopic (exact) mass is 422 g/mol. The highest BCUT2D eigenvalue weighted by atomic mass is 32.1. The number of thiophene rings is 1. The third-order valence-corrected chi connectivity index (χ3v) is 6.00. The fourth-order valence-electron chi connectivity index (χ4n) is 3.61. The molecule has 3 aromatic rings. The molecule has 0 spiro atoms. The van der Waals surface area contributed by atoms with Crippen LogP contribution in [0.1, 0.15) is 54.0 Å². The number of pyridine rings is 1. The maximum absolute atomic E-state index is 12.7. The van der Waals surface area contributed by atoms with Crippen molar-refractivity contribution in [2.24, 2.45) is 0 Å². The highest BCUT2D eigenvalue weighted by Crippen LogP contribution is 2.31. The Labute approximate surface area is 175 Å². The van der Waals surface area contributed by atoms with E-state index in [1.54, 1.807) is 11.4 Å². The number of rotatable bonds is 4. The molecule has 1 aliphatic carbocycles. The first kappa shape index (κ1) is 19.8. The summed E-state index contributed by atoms with van der Waals surface area (Å²) in [6.45, 7) is 0. The Hall–Kier alpha value is -3.52. The van der Waals surface area contributed by atoms with Gasteiger partial charge < -0.3 is 15.0 Å². The molecule has 0 aliphatic heterocycles. The molecule has 7 nitrogen and oxygen atoms in total. The molecule has 1 aliphatic rings. The van der Waals surface area contributed by atoms with E-state index in [0.29, 0.717) is 24.1 Å². The van der Waals surface area contributed by atoms with E-state index in [4.69, 9.17) is 0 Å². The molecule has 1 amide bonds. The van der Waals surface area contributed by atoms with Crippen LogP contribution in [0.5, 0.6) is 0 Å². The summed E-state index contributed by atoms with van der Waals surface area (Å²) in [7, 11) is 1.25. The number of carbonyl (C=O) groups excluding carboxylic acids is 3. The van der Waals surface area contributed by atoms with Crippen molar-refractivity contribution in [2.45, 2.75) is 18.8 Å². The summed E-state index contributed by atoms with van der Waals surface area (Å²) in [5.74, 6) is -1.42. The molecular formula is C22H18N2O5S. The number of carbonyl (C=O) groups is 3. The zero-order chi connectivity index (χ0) is 21.3. The predicted octanol–water partition coefficient (Wildman–Crippen LogP) is 3.39. The van der Waals surface area contributed by atoms with Gasteiger partial charge in [0.05, 0.1) is 12.8 Å². The molecular weight excluding hydrogens is 404 g/mol. The number of aromatic amines is 1. The normalized spacial score (nSPS) is 15.4. The second kappa shape index (κ2) is 8.08. The van der Waals surface area contributed by atoms with Gasteiger partial charge in [-0.15, -0.1) is 11.3 Å². The molecule has 1 atom stereocenters. The Balaban J connectivity index is 1.62. The van der Waals surface area contributed by atoms with Crippen molar-refractivity contribution in [3.63, 3.8) is 0 Å². The van der Waals surface area contributed by atoms with Crippen molar-refractivity contribution in [3.05, 3.63) is 85.5 Å². The minimum Gasteiger partial charge on any atom is -0.465 e. The van der Waals surface area contributed by atoms with Crippen LogP contribution in [0, 0.1) is 0 Å². The van der Waals surface area contributed by atoms with Gasteiger partial charge in [-0.25, -0.2) is 4.79 Å². The number of nitrogens with one attached hydrogen (secondary N) is 2. The lowest BCUT2D eigenvalue weighted by Gasteiger charge is -2.24. The van der Waals surface area contributed by atoms with E-state index in [2.05, 4.69) is 15.0 Å². The summed E-state index contributed by atoms with van der Waals surface area (Å²) in [4.78, 5) is 52.7. The number of benzene rings is 1. The van der Waals surface area contributed by atoms with Crippen LogP contribution < -0.4 is 10.9 Å². The first-order valence-electron chi connectivity index (χ1n) is 9.29. The molecule has 152 valence electrons. The van der Waals surface area contributed by atoms with E-state index in [0.717, 1.165) is 16.9 Å². The molecule has 2 aromatic heterocycles. The van der Waals surface area contributed by atoms with Crippen molar-refractivity contribution in [2.75, 3.05) is 12.4 Å². The second-order valence-electron chi connectivity index (χ2n) is 6.95. The van der Waals surface area contributed by atoms with E-state index >= 15 is 0 Å². The van der Waals surface area contributed by atoms with E-state index in [-0.39, 0.29) is 27.8 Å². The van der Waals surface area contributed by atoms with Gasteiger partial charge in [-0.2, -0.15) is 0 Å². The SMILES string of the molecule is COC(=O)c1sccc1NC(=O)c1cc2c([nH]c1=O)C[C@@H](c1ccccc1)CC2=O. The zero-order valence-corrected chi connectivity index (χ0v) is 16.9. The number of amides is 1. The number of esters is 1. The largest absolute Gasteiger partial charge is 0.465 e. The number of aromatic nitrogens is 1. The summed E-state index contributed by atoms with van der Waals surface area (Å²) in [6.07, 6.45) is 0.820. The first-order valence-corrected chi connectivity index (χ1v) is 10.2. The molecule has 30 heavy (non-hydrogen) atoms. The highest BCUT2D eigenvalue weighted by molar-refractivity contribution is 7.12. The summed E-state index contributed by atoms with van der Waals surface area (Å²) < 4.78 is 4.69. The van der Waals surface area contributed by atoms with Crippen LogP contribution >= 0.6 is 11.3 Å². The minimum atomic E-state index is -0.694. The van der Waals surface area contributed by atoms with Crippen molar-refractivity contribution < 1.29 is 19.1 Å². The summed E-state index contributed by atoms with van der Waals surface area (Å²) in [5, 5.41) is 4.19. The van der Waals surface area contributed by atoms with Gasteiger partial charge in [0, 0.05) is 17.7 Å². The second-order valence-corrected chi connectivity index (χ2v) is 7.87. The maximum atomic E-state index is 12.7. The van der Waals surface area contributed by atoms with Crippen molar-refractivity contribution >= 4 is 34.7 Å². The smallest absolute Gasteiger partial charge is 0.350 e. The number of ketones is 1. The maximum Gasteiger partial charge on any atom is 0.350 e. The van der Waals surface area contributed by atoms with Crippen molar-refractivity contribution in [1.82, 2.24) is 4.98 Å². The van der Waals surface area contributed by atoms with Gasteiger partial charge in [0.25, 0.3) is 11.5 Å². The Morgan fingerprint density at radius 3 is 2.63 bits per heavy atom. The molecule has 0 fully saturated rings. The van der Waals surface area contributed by atoms with Gasteiger partial charge in [-0.1, -0.05) is 30.3 Å². The summed E-state index contributed by atoms with van der Waals surface area (Å²) >= 11 is 1.12. The van der Waals surface area contributed by atoms with Crippen molar-refractivity contribution in [3.8, 4) is 0 Å². The van der Waals surface area contributed by atoms with Crippen LogP contribution in [0.25, 0.3) is 0 Å². The molecule has 8 heteroatoms. The van der Waals surface area contributed by atoms with Gasteiger partial charge in [0.2, 0.25) is 0 Å². The highest BCUT2D eigenvalue weighted by Gasteiger charge is 2.29. The van der Waals surface area contributed by atoms with E-state index in [1.165, 1.54) is 13.2 Å². The zero-order valence-electron chi connectivity index (χ0n) is 16.1. The Kier molecular flexibility index (Phi) is 5.33. The van der Waals surface area contributed by atoms with E-state index in [1.807, 2.05) is 30.3 Å². The number of Topliss-reactive ketones (excluding diaryl/α,β-unsaturated/α-hetero) is 1. The molecule has 0 saturated carbocycles. The van der Waals surface area contributed by atoms with Crippen LogP contribution in [0.3, 0.4) is 0 Å². The van der Waals surface area contributed by atoms with Crippen LogP contribution in [-0.2, 0) is 11.2 Å². The third kappa shape index (κ3) is 3.69. The third-order valence-electron chi connectivity index (χ3n) is 5.11. The lowest BCUT2D eigenvalue weighted by atomic mass is 9.81. The van der Waals surface area contributed by atoms with Crippen LogP contribution in [0.15, 0.2) is 52.6 Å². The van der Waals surface area contributed by atoms with Crippen LogP contribution in [-0.4, -0.2) is 29.8 Å². The molecule has 0 unspecified atom stereocenters. The summed E-state index contributed by atoms with van der Waals surface area (Å²) in [5.41, 5.74) is 1.42. The number of fused-ring (bicyclic) bond motifs is 1. The molecule has 2 heterocycles. The number of methoxy groups -OCH3 is 1. The summed E-state index contributed by atoms with van der Waals surface area (Å²) in [6, 6.07) is 12.6. The topological polar surface area (TPSA) is 105 Å². The van der Waals surface area contributed by atoms with E-state index in [9.17, 15) is 19.2 Å². The molecule has 1 aromatic carbocycles. The van der Waals surface area contributed by atoms with Crippen LogP contribution in [0.4, 0.5) is 5.69 Å². The molecule has 0 radical (unpaired) electrons. The number of ether oxygens (including phenoxy) is 1. The average molecular weight is 422 g/mol. The number of H-pyrrole nitrogens is 1. The lowest BCUT2D eigenvalue weighted by molar-refractivity contribution is 0.0607. The molecule has 2 N–H and O–H groups in total. The first-order chi connectivity index (χ1) is 14.5. The number of anilines is 1. The Morgan fingerprint density at radius 2 is 1.90 bits per heavy atom. The Morgan fingerprint density at radius 1 is 1.13 bits per heavy atom. The van der Waals surface area contributed by atoms with Gasteiger partial charge in [-0.05, 0) is 35.4 Å². The predicted molar refractivity (Wildman–Crippen MR) is 113 cm³/mol. The average Bonchev–Trinajstić information content (AvgIpc) is 3.21. The lowest BCUT2D eigenvalue weighted by Crippen LogP contribution is -2.29. The van der Waals surface area contributed by atoms with Gasteiger partial charge in [-0.3, -0.25) is 14.4 Å². The standard InChI is InChI=1S/C22H18N2O5S/c1-29-22(28)19-16(7-8-30-19)23-20(26)15-11-14-17(24-21(15)27)9-13(10-18(14)25)12-5-3-2-4-6-12/h2-8,11,13H,9-10H2,1H3,(H,23,26)(H,24,27)/t13-/m1/s1. The van der Waals surface area contributed by atoms with E-state index < -0.39 is 17.4 Å². The van der Waals surface area contributed by atoms with Crippen LogP contribution in [0.2, 0.25) is 0 Å². The van der Waals surface area contributed by atoms with Crippen molar-refractivity contribution in [1.29, 1.82) is 0 Å². The number of hydrogen-bond donors (Lipinski definition) is 2. The molecule has 0 bridgehead atoms. The molecule has 4 rings (SSSR count). The van der Waals surface area contributed by atoms with Gasteiger partial charge in [0.1, 0.15) is 10.4 Å². The van der Waals surface area contributed by atoms with Gasteiger partial charge >= 0.3 is 5.97 Å². The fourth-order valence-corrected chi connectivity index (χ4v) is 4.37.